The Balaban J connectivity index is 1.71. The molecule has 4 rings (SSSR count). The number of hydrogen-bond acceptors (Lipinski definition) is 5. The zero-order valence-electron chi connectivity index (χ0n) is 16.3. The molecule has 10 heteroatoms. The number of thioether (sulfide) groups is 1. The van der Waals surface area contributed by atoms with Crippen molar-refractivity contribution in [3.63, 3.8) is 0 Å². The van der Waals surface area contributed by atoms with Crippen LogP contribution in [0.1, 0.15) is 12.8 Å². The average molecular weight is 517 g/mol. The number of hydrogen-bond donors (Lipinski definition) is 3. The molecule has 3 fully saturated rings. The van der Waals surface area contributed by atoms with Crippen molar-refractivity contribution in [2.24, 2.45) is 11.8 Å². The molecule has 0 aromatic heterocycles. The second kappa shape index (κ2) is 8.33. The van der Waals surface area contributed by atoms with Crippen LogP contribution in [0.2, 0.25) is 5.02 Å². The van der Waals surface area contributed by atoms with E-state index in [1.807, 2.05) is 0 Å². The molecule has 1 spiro atoms. The minimum absolute atomic E-state index is 0.0393. The summed E-state index contributed by atoms with van der Waals surface area (Å²) in [6, 6.07) is 6.08. The molecule has 3 aliphatic rings. The van der Waals surface area contributed by atoms with Gasteiger partial charge in [0.1, 0.15) is 6.04 Å². The van der Waals surface area contributed by atoms with Crippen LogP contribution in [0, 0.1) is 11.8 Å². The van der Waals surface area contributed by atoms with Gasteiger partial charge in [-0.25, -0.2) is 0 Å². The third kappa shape index (κ3) is 3.34. The lowest BCUT2D eigenvalue weighted by Crippen LogP contribution is -2.53. The fourth-order valence-electron chi connectivity index (χ4n) is 5.12. The van der Waals surface area contributed by atoms with Crippen molar-refractivity contribution < 1.29 is 19.5 Å². The highest BCUT2D eigenvalue weighted by atomic mass is 79.9. The molecule has 6 atom stereocenters. The van der Waals surface area contributed by atoms with Gasteiger partial charge in [-0.3, -0.25) is 14.4 Å². The lowest BCUT2D eigenvalue weighted by atomic mass is 9.70. The monoisotopic (exact) mass is 515 g/mol. The second-order valence-electron chi connectivity index (χ2n) is 7.88. The molecular formula is C20H23BrClN3O4S. The number of nitrogens with one attached hydrogen (secondary N) is 2. The summed E-state index contributed by atoms with van der Waals surface area (Å²) in [6.45, 7) is 0.188. The molecule has 0 radical (unpaired) electrons. The van der Waals surface area contributed by atoms with Gasteiger partial charge in [0.15, 0.2) is 0 Å². The molecule has 1 aromatic carbocycles. The summed E-state index contributed by atoms with van der Waals surface area (Å²) in [7, 11) is 1.57. The first-order chi connectivity index (χ1) is 14.3. The molecular weight excluding hydrogens is 494 g/mol. The van der Waals surface area contributed by atoms with Gasteiger partial charge in [-0.15, -0.1) is 11.8 Å². The number of fused-ring (bicyclic) bond motifs is 1. The highest BCUT2D eigenvalue weighted by Crippen LogP contribution is 2.67. The summed E-state index contributed by atoms with van der Waals surface area (Å²) in [5, 5.41) is 15.4. The summed E-state index contributed by atoms with van der Waals surface area (Å²) in [5.41, 5.74) is 0.592. The maximum atomic E-state index is 13.5. The zero-order valence-corrected chi connectivity index (χ0v) is 19.5. The minimum atomic E-state index is -0.720. The number of aliphatic hydroxyl groups is 1. The minimum Gasteiger partial charge on any atom is -0.396 e. The Kier molecular flexibility index (Phi) is 6.09. The average Bonchev–Trinajstić information content (AvgIpc) is 3.31. The molecule has 0 aliphatic carbocycles. The van der Waals surface area contributed by atoms with E-state index in [1.54, 1.807) is 48.0 Å². The van der Waals surface area contributed by atoms with Gasteiger partial charge < -0.3 is 20.6 Å². The number of alkyl halides is 1. The highest BCUT2D eigenvalue weighted by molar-refractivity contribution is 9.09. The maximum Gasteiger partial charge on any atom is 0.248 e. The third-order valence-electron chi connectivity index (χ3n) is 6.26. The van der Waals surface area contributed by atoms with E-state index in [-0.39, 0.29) is 41.0 Å². The number of benzene rings is 1. The molecule has 7 nitrogen and oxygen atoms in total. The normalized spacial score (nSPS) is 34.2. The van der Waals surface area contributed by atoms with Crippen molar-refractivity contribution in [3.05, 3.63) is 29.3 Å². The summed E-state index contributed by atoms with van der Waals surface area (Å²) < 4.78 is -0.681. The van der Waals surface area contributed by atoms with E-state index in [2.05, 4.69) is 26.6 Å². The summed E-state index contributed by atoms with van der Waals surface area (Å²) in [4.78, 5) is 41.2. The molecule has 30 heavy (non-hydrogen) atoms. The number of aliphatic hydroxyl groups excluding tert-OH is 1. The summed E-state index contributed by atoms with van der Waals surface area (Å²) >= 11 is 11.2. The topological polar surface area (TPSA) is 98.7 Å². The van der Waals surface area contributed by atoms with E-state index in [9.17, 15) is 19.5 Å². The van der Waals surface area contributed by atoms with Crippen LogP contribution in [0.15, 0.2) is 24.3 Å². The SMILES string of the molecule is CNC(=O)[C@H]1[C@H]2C(=O)N(CCCO)C(C(=O)Nc3ccc(Cl)cc3)C23CC(Br)[C@@H]1S3. The molecule has 3 amide bonds. The Morgan fingerprint density at radius 2 is 2.03 bits per heavy atom. The lowest BCUT2D eigenvalue weighted by Gasteiger charge is -2.35. The Bertz CT molecular complexity index is 872. The number of amides is 3. The Morgan fingerprint density at radius 1 is 1.33 bits per heavy atom. The molecule has 2 bridgehead atoms. The largest absolute Gasteiger partial charge is 0.396 e. The second-order valence-corrected chi connectivity index (χ2v) is 11.0. The molecule has 3 aliphatic heterocycles. The van der Waals surface area contributed by atoms with E-state index < -0.39 is 22.6 Å². The van der Waals surface area contributed by atoms with E-state index in [0.29, 0.717) is 23.6 Å². The van der Waals surface area contributed by atoms with E-state index in [4.69, 9.17) is 11.6 Å². The molecule has 1 aromatic rings. The van der Waals surface area contributed by atoms with Crippen molar-refractivity contribution in [3.8, 4) is 0 Å². The Labute approximate surface area is 192 Å². The van der Waals surface area contributed by atoms with Crippen LogP contribution in [-0.4, -0.2) is 68.8 Å². The van der Waals surface area contributed by atoms with Crippen molar-refractivity contribution in [2.45, 2.75) is 33.7 Å². The number of halogens is 2. The summed E-state index contributed by atoms with van der Waals surface area (Å²) in [6.07, 6.45) is 0.996. The predicted molar refractivity (Wildman–Crippen MR) is 120 cm³/mol. The first-order valence-corrected chi connectivity index (χ1v) is 12.0. The van der Waals surface area contributed by atoms with Crippen LogP contribution in [0.25, 0.3) is 0 Å². The van der Waals surface area contributed by atoms with Gasteiger partial charge in [0.2, 0.25) is 17.7 Å². The number of anilines is 1. The van der Waals surface area contributed by atoms with Crippen molar-refractivity contribution in [1.29, 1.82) is 0 Å². The van der Waals surface area contributed by atoms with Gasteiger partial charge in [0.05, 0.1) is 16.6 Å². The third-order valence-corrected chi connectivity index (χ3v) is 9.73. The van der Waals surface area contributed by atoms with Crippen molar-refractivity contribution in [2.75, 3.05) is 25.5 Å². The van der Waals surface area contributed by atoms with Crippen LogP contribution in [-0.2, 0) is 14.4 Å². The number of carbonyl (C=O) groups excluding carboxylic acids is 3. The van der Waals surface area contributed by atoms with Gasteiger partial charge >= 0.3 is 0 Å². The van der Waals surface area contributed by atoms with Crippen LogP contribution >= 0.6 is 39.3 Å². The van der Waals surface area contributed by atoms with E-state index in [0.717, 1.165) is 0 Å². The fourth-order valence-corrected chi connectivity index (χ4v) is 8.86. The number of carbonyl (C=O) groups is 3. The smallest absolute Gasteiger partial charge is 0.248 e. The molecule has 3 N–H and O–H groups in total. The maximum absolute atomic E-state index is 13.5. The van der Waals surface area contributed by atoms with Crippen molar-refractivity contribution >= 4 is 62.7 Å². The first kappa shape index (κ1) is 21.9. The van der Waals surface area contributed by atoms with Gasteiger partial charge in [-0.2, -0.15) is 0 Å². The Hall–Kier alpha value is -1.29. The predicted octanol–water partition coefficient (Wildman–Crippen LogP) is 1.87. The van der Waals surface area contributed by atoms with Crippen LogP contribution in [0.5, 0.6) is 0 Å². The van der Waals surface area contributed by atoms with Crippen molar-refractivity contribution in [1.82, 2.24) is 10.2 Å². The van der Waals surface area contributed by atoms with Gasteiger partial charge in [-0.05, 0) is 37.1 Å². The first-order valence-electron chi connectivity index (χ1n) is 9.85. The lowest BCUT2D eigenvalue weighted by molar-refractivity contribution is -0.139. The Morgan fingerprint density at radius 3 is 2.67 bits per heavy atom. The quantitative estimate of drug-likeness (QED) is 0.502. The van der Waals surface area contributed by atoms with Crippen LogP contribution in [0.3, 0.4) is 0 Å². The molecule has 3 unspecified atom stereocenters. The standard InChI is InChI=1S/C20H23BrClN3O4S/c1-23-17(27)13-14-19(29)25(7-2-8-26)16(20(14)9-12(21)15(13)30-20)18(28)24-11-5-3-10(22)4-6-11/h3-6,12-16,26H,2,7-9H2,1H3,(H,23,27)(H,24,28)/t12?,13-,14-,15-,16?,20?/m0/s1. The van der Waals surface area contributed by atoms with E-state index >= 15 is 0 Å². The highest BCUT2D eigenvalue weighted by Gasteiger charge is 2.75. The molecule has 0 saturated carbocycles. The summed E-state index contributed by atoms with van der Waals surface area (Å²) in [5.74, 6) is -1.67. The van der Waals surface area contributed by atoms with E-state index in [1.165, 1.54) is 0 Å². The van der Waals surface area contributed by atoms with Crippen LogP contribution < -0.4 is 10.6 Å². The molecule has 3 heterocycles. The van der Waals surface area contributed by atoms with Gasteiger partial charge in [-0.1, -0.05) is 27.5 Å². The van der Waals surface area contributed by atoms with Crippen LogP contribution in [0.4, 0.5) is 5.69 Å². The number of rotatable bonds is 6. The number of nitrogens with zero attached hydrogens (tertiary/aromatic N) is 1. The number of likely N-dealkylation sites (tertiary alicyclic amines) is 1. The fraction of sp³-hybridized carbons (Fsp3) is 0.550. The van der Waals surface area contributed by atoms with Gasteiger partial charge in [0.25, 0.3) is 0 Å². The molecule has 3 saturated heterocycles. The zero-order chi connectivity index (χ0) is 21.6. The van der Waals surface area contributed by atoms with Gasteiger partial charge in [0, 0.05) is 41.0 Å². The molecule has 162 valence electrons.